The number of thioether (sulfide) groups is 1. The lowest BCUT2D eigenvalue weighted by molar-refractivity contribution is -0.690. The summed E-state index contributed by atoms with van der Waals surface area (Å²) in [5.41, 5.74) is 1.08. The smallest absolute Gasteiger partial charge is 0.343 e. The molecule has 0 aliphatic carbocycles. The van der Waals surface area contributed by atoms with E-state index >= 15 is 0 Å². The van der Waals surface area contributed by atoms with Crippen molar-refractivity contribution in [2.24, 2.45) is 0 Å². The number of benzene rings is 2. The summed E-state index contributed by atoms with van der Waals surface area (Å²) in [6.07, 6.45) is 0. The third-order valence-electron chi connectivity index (χ3n) is 4.04. The average molecular weight is 391 g/mol. The summed E-state index contributed by atoms with van der Waals surface area (Å²) in [7, 11) is 0. The lowest BCUT2D eigenvalue weighted by Crippen LogP contribution is -2.90. The molecule has 1 saturated heterocycles. The summed E-state index contributed by atoms with van der Waals surface area (Å²) >= 11 is 1.50. The maximum atomic E-state index is 13.0. The van der Waals surface area contributed by atoms with E-state index in [0.717, 1.165) is 5.56 Å². The molecule has 1 heterocycles. The van der Waals surface area contributed by atoms with Gasteiger partial charge in [-0.2, -0.15) is 0 Å². The molecule has 3 rings (SSSR count). The Kier molecular flexibility index (Phi) is 5.98. The van der Waals surface area contributed by atoms with Gasteiger partial charge >= 0.3 is 5.97 Å². The molecule has 2 N–H and O–H groups in total. The number of carbonyl (C=O) groups is 2. The number of hydrogen-bond donors (Lipinski definition) is 1. The Morgan fingerprint density at radius 2 is 1.96 bits per heavy atom. The highest BCUT2D eigenvalue weighted by Crippen LogP contribution is 2.34. The van der Waals surface area contributed by atoms with Gasteiger partial charge in [0.2, 0.25) is 0 Å². The Labute approximate surface area is 159 Å². The predicted molar refractivity (Wildman–Crippen MR) is 94.9 cm³/mol. The highest BCUT2D eigenvalue weighted by molar-refractivity contribution is 7.99. The van der Waals surface area contributed by atoms with E-state index in [-0.39, 0.29) is 16.7 Å². The maximum Gasteiger partial charge on any atom is 0.343 e. The zero-order valence-corrected chi connectivity index (χ0v) is 15.3. The molecule has 0 spiro atoms. The monoisotopic (exact) mass is 391 g/mol. The Morgan fingerprint density at radius 1 is 1.22 bits per heavy atom. The fourth-order valence-corrected chi connectivity index (χ4v) is 3.98. The van der Waals surface area contributed by atoms with Crippen LogP contribution in [0.2, 0.25) is 0 Å². The molecule has 8 heteroatoms. The van der Waals surface area contributed by atoms with Crippen LogP contribution >= 0.6 is 11.8 Å². The van der Waals surface area contributed by atoms with E-state index in [0.29, 0.717) is 18.1 Å². The van der Waals surface area contributed by atoms with Gasteiger partial charge in [0, 0.05) is 5.56 Å². The molecular formula is C19H18FNO5S. The summed E-state index contributed by atoms with van der Waals surface area (Å²) < 4.78 is 24.0. The number of nitrogens with two attached hydrogens (primary N) is 1. The third kappa shape index (κ3) is 4.58. The minimum Gasteiger partial charge on any atom is -0.544 e. The molecular weight excluding hydrogens is 373 g/mol. The van der Waals surface area contributed by atoms with E-state index in [4.69, 9.17) is 9.47 Å². The number of halogens is 1. The number of ether oxygens (including phenoxy) is 2. The van der Waals surface area contributed by atoms with Gasteiger partial charge in [-0.15, -0.1) is 0 Å². The van der Waals surface area contributed by atoms with Gasteiger partial charge < -0.3 is 24.7 Å². The lowest BCUT2D eigenvalue weighted by atomic mass is 10.1. The van der Waals surface area contributed by atoms with Crippen molar-refractivity contribution in [2.45, 2.75) is 18.3 Å². The van der Waals surface area contributed by atoms with Crippen LogP contribution in [-0.2, 0) is 4.79 Å². The number of hydrogen-bond acceptors (Lipinski definition) is 6. The maximum absolute atomic E-state index is 13.0. The highest BCUT2D eigenvalue weighted by atomic mass is 32.2. The molecule has 2 atom stereocenters. The first-order chi connectivity index (χ1) is 13.0. The molecule has 0 saturated carbocycles. The largest absolute Gasteiger partial charge is 0.544 e. The lowest BCUT2D eigenvalue weighted by Gasteiger charge is -2.15. The zero-order chi connectivity index (χ0) is 19.4. The average Bonchev–Trinajstić information content (AvgIpc) is 3.14. The standard InChI is InChI=1S/C19H18FNO5S/c1-2-25-16-9-12(17-21-14(10-27-17)18(22)23)5-8-15(16)26-19(24)11-3-6-13(20)7-4-11/h3-9,14,17,21H,2,10H2,1H3,(H,22,23)/t14-,17+/m0/s1. The van der Waals surface area contributed by atoms with Crippen LogP contribution in [0.3, 0.4) is 0 Å². The third-order valence-corrected chi connectivity index (χ3v) is 5.38. The van der Waals surface area contributed by atoms with Crippen molar-refractivity contribution in [3.8, 4) is 11.5 Å². The van der Waals surface area contributed by atoms with Gasteiger partial charge in [-0.05, 0) is 49.4 Å². The van der Waals surface area contributed by atoms with Crippen molar-refractivity contribution in [1.29, 1.82) is 0 Å². The Balaban J connectivity index is 1.78. The first kappa shape index (κ1) is 19.2. The molecule has 1 aliphatic heterocycles. The fraction of sp³-hybridized carbons (Fsp3) is 0.263. The van der Waals surface area contributed by atoms with E-state index in [1.165, 1.54) is 36.0 Å². The van der Waals surface area contributed by atoms with E-state index in [2.05, 4.69) is 0 Å². The molecule has 2 aromatic rings. The Hall–Kier alpha value is -2.58. The summed E-state index contributed by atoms with van der Waals surface area (Å²) in [4.78, 5) is 23.3. The van der Waals surface area contributed by atoms with Gasteiger partial charge in [0.05, 0.1) is 17.9 Å². The van der Waals surface area contributed by atoms with Gasteiger partial charge in [0.1, 0.15) is 17.8 Å². The topological polar surface area (TPSA) is 92.3 Å². The minimum absolute atomic E-state index is 0.103. The zero-order valence-electron chi connectivity index (χ0n) is 14.5. The van der Waals surface area contributed by atoms with Crippen LogP contribution in [0, 0.1) is 5.82 Å². The number of esters is 1. The number of carbonyl (C=O) groups excluding carboxylic acids is 2. The fourth-order valence-electron chi connectivity index (χ4n) is 2.68. The summed E-state index contributed by atoms with van der Waals surface area (Å²) in [6.45, 7) is 2.18. The first-order valence-corrected chi connectivity index (χ1v) is 9.44. The van der Waals surface area contributed by atoms with Gasteiger partial charge in [0.15, 0.2) is 16.9 Å². The van der Waals surface area contributed by atoms with E-state index < -0.39 is 23.8 Å². The normalized spacial score (nSPS) is 18.9. The van der Waals surface area contributed by atoms with Crippen LogP contribution < -0.4 is 19.9 Å². The van der Waals surface area contributed by atoms with E-state index in [9.17, 15) is 19.1 Å². The molecule has 0 bridgehead atoms. The quantitative estimate of drug-likeness (QED) is 0.580. The summed E-state index contributed by atoms with van der Waals surface area (Å²) in [5.74, 6) is -1.06. The van der Waals surface area contributed by atoms with Crippen LogP contribution in [0.5, 0.6) is 11.5 Å². The number of aliphatic carboxylic acids is 1. The highest BCUT2D eigenvalue weighted by Gasteiger charge is 2.31. The van der Waals surface area contributed by atoms with Crippen LogP contribution in [-0.4, -0.2) is 30.3 Å². The molecule has 0 unspecified atom stereocenters. The first-order valence-electron chi connectivity index (χ1n) is 8.40. The predicted octanol–water partition coefficient (Wildman–Crippen LogP) is 0.871. The van der Waals surface area contributed by atoms with Crippen LogP contribution in [0.15, 0.2) is 42.5 Å². The number of carboxylic acids is 1. The number of quaternary nitrogens is 1. The molecule has 27 heavy (non-hydrogen) atoms. The molecule has 0 amide bonds. The van der Waals surface area contributed by atoms with E-state index in [1.54, 1.807) is 30.4 Å². The van der Waals surface area contributed by atoms with Gasteiger partial charge in [-0.3, -0.25) is 0 Å². The summed E-state index contributed by atoms with van der Waals surface area (Å²) in [5, 5.41) is 12.6. The molecule has 1 aliphatic rings. The molecule has 2 aromatic carbocycles. The van der Waals surface area contributed by atoms with Crippen molar-refractivity contribution < 1.29 is 33.9 Å². The SMILES string of the molecule is CCOc1cc([C@@H]2[NH2+][C@H](C(=O)[O-])CS2)ccc1OC(=O)c1ccc(F)cc1. The van der Waals surface area contributed by atoms with Crippen molar-refractivity contribution in [1.82, 2.24) is 0 Å². The second-order valence-corrected chi connectivity index (χ2v) is 7.08. The Bertz CT molecular complexity index is 842. The minimum atomic E-state index is -1.08. The second kappa shape index (κ2) is 8.41. The Morgan fingerprint density at radius 3 is 2.59 bits per heavy atom. The molecule has 0 radical (unpaired) electrons. The van der Waals surface area contributed by atoms with Crippen molar-refractivity contribution in [3.63, 3.8) is 0 Å². The van der Waals surface area contributed by atoms with Crippen molar-refractivity contribution >= 4 is 23.7 Å². The summed E-state index contributed by atoms with van der Waals surface area (Å²) in [6, 6.07) is 9.58. The van der Waals surface area contributed by atoms with Crippen LogP contribution in [0.4, 0.5) is 4.39 Å². The van der Waals surface area contributed by atoms with Gasteiger partial charge in [-0.1, -0.05) is 11.8 Å². The molecule has 0 aromatic heterocycles. The van der Waals surface area contributed by atoms with Gasteiger partial charge in [-0.25, -0.2) is 9.18 Å². The van der Waals surface area contributed by atoms with Crippen LogP contribution in [0.25, 0.3) is 0 Å². The molecule has 142 valence electrons. The van der Waals surface area contributed by atoms with Crippen molar-refractivity contribution in [3.05, 3.63) is 59.4 Å². The van der Waals surface area contributed by atoms with E-state index in [1.807, 2.05) is 0 Å². The number of rotatable bonds is 6. The van der Waals surface area contributed by atoms with Crippen molar-refractivity contribution in [2.75, 3.05) is 12.4 Å². The molecule has 6 nitrogen and oxygen atoms in total. The molecule has 1 fully saturated rings. The van der Waals surface area contributed by atoms with Crippen LogP contribution in [0.1, 0.15) is 28.2 Å². The number of carboxylic acid groups (broad SMARTS) is 1. The second-order valence-electron chi connectivity index (χ2n) is 5.91. The van der Waals surface area contributed by atoms with Gasteiger partial charge in [0.25, 0.3) is 0 Å².